The molecule has 0 aromatic heterocycles. The Hall–Kier alpha value is 0.378. The van der Waals surface area contributed by atoms with Crippen LogP contribution in [0.1, 0.15) is 0 Å². The summed E-state index contributed by atoms with van der Waals surface area (Å²) in [5, 5.41) is 0. The third-order valence-electron chi connectivity index (χ3n) is 0. The van der Waals surface area contributed by atoms with Crippen molar-refractivity contribution in [1.82, 2.24) is 0 Å². The fraction of sp³-hybridized carbons (Fsp3) is 0. The minimum atomic E-state index is -3.95. The van der Waals surface area contributed by atoms with Crippen LogP contribution in [0.25, 0.3) is 0 Å². The van der Waals surface area contributed by atoms with E-state index in [0.717, 1.165) is 0 Å². The van der Waals surface area contributed by atoms with Crippen molar-refractivity contribution in [3.8, 4) is 0 Å². The Balaban J connectivity index is 3.51. The average Bonchev–Trinajstić information content (AvgIpc) is 0.811. The summed E-state index contributed by atoms with van der Waals surface area (Å²) in [5.74, 6) is 0. The molecule has 0 saturated carbocycles. The van der Waals surface area contributed by atoms with Crippen molar-refractivity contribution in [1.29, 1.82) is 0 Å². The van der Waals surface area contributed by atoms with Gasteiger partial charge in [0.05, 0.1) is 0 Å². The molecular weight excluding hydrogens is 170 g/mol. The van der Waals surface area contributed by atoms with Gasteiger partial charge in [0.1, 0.15) is 0 Å². The third kappa shape index (κ3) is 31.6. The summed E-state index contributed by atoms with van der Waals surface area (Å²) in [5.41, 5.74) is 0. The van der Waals surface area contributed by atoms with Gasteiger partial charge in [-0.3, -0.25) is 0 Å². The molecule has 0 aliphatic carbocycles. The first-order chi connectivity index (χ1) is 1.73. The topological polar surface area (TPSA) is 54.4 Å². The van der Waals surface area contributed by atoms with E-state index in [1.807, 2.05) is 0 Å². The van der Waals surface area contributed by atoms with Crippen molar-refractivity contribution in [2.45, 2.75) is 0 Å². The standard InChI is InChI=1S/H2O.2O.Sb/h1H2;;;/q;;;+1/p-1. The Morgan fingerprint density at radius 2 is 1.50 bits per heavy atom. The van der Waals surface area contributed by atoms with Crippen LogP contribution in [0, 0.1) is 0 Å². The molecule has 4 heavy (non-hydrogen) atoms. The van der Waals surface area contributed by atoms with Gasteiger partial charge in [-0.25, -0.2) is 0 Å². The van der Waals surface area contributed by atoms with Gasteiger partial charge < -0.3 is 0 Å². The Kier molecular flexibility index (Phi) is 1.83. The van der Waals surface area contributed by atoms with Gasteiger partial charge in [0, 0.05) is 0 Å². The van der Waals surface area contributed by atoms with Crippen LogP contribution >= 0.6 is 0 Å². The van der Waals surface area contributed by atoms with Crippen LogP contribution in [0.15, 0.2) is 0 Å². The van der Waals surface area contributed by atoms with Crippen LogP contribution in [0.2, 0.25) is 0 Å². The van der Waals surface area contributed by atoms with Gasteiger partial charge in [-0.15, -0.1) is 0 Å². The zero-order valence-corrected chi connectivity index (χ0v) is 4.26. The zero-order chi connectivity index (χ0) is 3.58. The van der Waals surface area contributed by atoms with Crippen LogP contribution in [0.3, 0.4) is 0 Å². The molecule has 0 aliphatic heterocycles. The number of hydrogen-bond acceptors (Lipinski definition) is 2. The number of hydrogen-bond donors (Lipinski definition) is 1. The molecule has 4 heteroatoms. The molecule has 0 unspecified atom stereocenters. The van der Waals surface area contributed by atoms with Crippen molar-refractivity contribution < 1.29 is 9.42 Å². The summed E-state index contributed by atoms with van der Waals surface area (Å²) in [7, 11) is 0. The van der Waals surface area contributed by atoms with E-state index in [4.69, 9.17) is 9.42 Å². The second-order valence-corrected chi connectivity index (χ2v) is 1.60. The van der Waals surface area contributed by atoms with Gasteiger partial charge in [0.25, 0.3) is 0 Å². The Bertz CT molecular complexity index is 51.7. The van der Waals surface area contributed by atoms with Gasteiger partial charge in [-0.1, -0.05) is 0 Å². The molecule has 0 heterocycles. The van der Waals surface area contributed by atoms with E-state index in [1.54, 1.807) is 0 Å². The molecule has 0 rings (SSSR count). The van der Waals surface area contributed by atoms with E-state index in [1.165, 1.54) is 0 Å². The second-order valence-electron chi connectivity index (χ2n) is 0.238. The van der Waals surface area contributed by atoms with E-state index in [0.29, 0.717) is 0 Å². The molecule has 0 aromatic carbocycles. The summed E-state index contributed by atoms with van der Waals surface area (Å²) >= 11 is -3.95. The first-order valence-electron chi connectivity index (χ1n) is 0.565. The molecule has 0 atom stereocenters. The molecule has 3 nitrogen and oxygen atoms in total. The van der Waals surface area contributed by atoms with E-state index >= 15 is 0 Å². The van der Waals surface area contributed by atoms with E-state index < -0.39 is 20.6 Å². The van der Waals surface area contributed by atoms with Gasteiger partial charge in [-0.2, -0.15) is 0 Å². The van der Waals surface area contributed by atoms with Gasteiger partial charge in [-0.05, 0) is 0 Å². The first-order valence-corrected chi connectivity index (χ1v) is 3.79. The van der Waals surface area contributed by atoms with Crippen LogP contribution in [-0.4, -0.2) is 24.0 Å². The van der Waals surface area contributed by atoms with Crippen molar-refractivity contribution in [3.05, 3.63) is 0 Å². The fourth-order valence-electron chi connectivity index (χ4n) is 0. The molecular formula is HO3Sb. The quantitative estimate of drug-likeness (QED) is 0.466. The van der Waals surface area contributed by atoms with Gasteiger partial charge in [0.15, 0.2) is 0 Å². The second kappa shape index (κ2) is 1.67. The third-order valence-corrected chi connectivity index (χ3v) is 0. The van der Waals surface area contributed by atoms with Gasteiger partial charge in [0.2, 0.25) is 0 Å². The zero-order valence-electron chi connectivity index (χ0n) is 1.71. The molecule has 0 amide bonds. The first kappa shape index (κ1) is 4.38. The molecule has 0 bridgehead atoms. The summed E-state index contributed by atoms with van der Waals surface area (Å²) in [6.07, 6.45) is 0. The van der Waals surface area contributed by atoms with Crippen molar-refractivity contribution in [2.24, 2.45) is 0 Å². The van der Waals surface area contributed by atoms with Crippen LogP contribution in [-0.2, 0) is 6.03 Å². The van der Waals surface area contributed by atoms with Crippen molar-refractivity contribution in [3.63, 3.8) is 0 Å². The predicted molar refractivity (Wildman–Crippen MR) is 9.35 cm³/mol. The van der Waals surface area contributed by atoms with Gasteiger partial charge >= 0.3 is 30.0 Å². The minimum absolute atomic E-state index is 3.95. The molecule has 24 valence electrons. The summed E-state index contributed by atoms with van der Waals surface area (Å²) in [4.78, 5) is 0. The normalized spacial score (nSPS) is 6.25. The summed E-state index contributed by atoms with van der Waals surface area (Å²) < 4.78 is 24.6. The molecule has 1 N–H and O–H groups in total. The SMILES string of the molecule is [O]=[Sb](=[O])[OH]. The van der Waals surface area contributed by atoms with E-state index in [9.17, 15) is 0 Å². The molecule has 0 saturated heterocycles. The molecule has 0 aromatic rings. The van der Waals surface area contributed by atoms with Crippen LogP contribution in [0.4, 0.5) is 0 Å². The summed E-state index contributed by atoms with van der Waals surface area (Å²) in [6.45, 7) is 0. The van der Waals surface area contributed by atoms with Crippen molar-refractivity contribution >= 4 is 20.6 Å². The fourth-order valence-corrected chi connectivity index (χ4v) is 0. The molecule has 0 fully saturated rings. The average molecular weight is 171 g/mol. The molecule has 0 spiro atoms. The van der Waals surface area contributed by atoms with Crippen molar-refractivity contribution in [2.75, 3.05) is 0 Å². The predicted octanol–water partition coefficient (Wildman–Crippen LogP) is -1.18. The van der Waals surface area contributed by atoms with Crippen LogP contribution in [0.5, 0.6) is 0 Å². The monoisotopic (exact) mass is 170 g/mol. The van der Waals surface area contributed by atoms with Crippen LogP contribution < -0.4 is 0 Å². The Morgan fingerprint density at radius 1 is 1.50 bits per heavy atom. The molecule has 0 aliphatic rings. The number of rotatable bonds is 0. The maximum atomic E-state index is 8.71. The summed E-state index contributed by atoms with van der Waals surface area (Å²) in [6, 6.07) is 0. The molecule has 0 radical (unpaired) electrons. The van der Waals surface area contributed by atoms with E-state index in [2.05, 4.69) is 0 Å². The van der Waals surface area contributed by atoms with E-state index in [-0.39, 0.29) is 0 Å². The Labute approximate surface area is 30.6 Å². The maximum absolute atomic E-state index is 8.71. The Morgan fingerprint density at radius 3 is 1.50 bits per heavy atom.